The van der Waals surface area contributed by atoms with E-state index in [9.17, 15) is 9.59 Å². The zero-order valence-corrected chi connectivity index (χ0v) is 13.7. The molecule has 0 spiro atoms. The monoisotopic (exact) mass is 290 g/mol. The zero-order valence-electron chi connectivity index (χ0n) is 13.7. The molecule has 1 unspecified atom stereocenters. The number of Topliss-reactive ketones (excluding diaryl/α,β-unsaturated/α-hetero) is 1. The first kappa shape index (κ1) is 17.4. The molecule has 1 aromatic rings. The van der Waals surface area contributed by atoms with E-state index < -0.39 is 10.8 Å². The smallest absolute Gasteiger partial charge is 0.312 e. The fraction of sp³-hybridized carbons (Fsp3) is 0.556. The molecule has 1 rings (SSSR count). The molecule has 3 heteroatoms. The van der Waals surface area contributed by atoms with Gasteiger partial charge in [0.05, 0.1) is 5.41 Å². The fourth-order valence-corrected chi connectivity index (χ4v) is 2.34. The number of esters is 1. The van der Waals surface area contributed by atoms with Gasteiger partial charge in [-0.1, -0.05) is 51.1 Å². The molecule has 3 nitrogen and oxygen atoms in total. The van der Waals surface area contributed by atoms with E-state index >= 15 is 0 Å². The Hall–Kier alpha value is -1.64. The Labute approximate surface area is 127 Å². The Kier molecular flexibility index (Phi) is 5.70. The van der Waals surface area contributed by atoms with Crippen molar-refractivity contribution in [3.63, 3.8) is 0 Å². The second kappa shape index (κ2) is 6.88. The van der Waals surface area contributed by atoms with Crippen molar-refractivity contribution >= 4 is 11.8 Å². The van der Waals surface area contributed by atoms with Crippen molar-refractivity contribution < 1.29 is 14.3 Å². The molecule has 0 N–H and O–H groups in total. The lowest BCUT2D eigenvalue weighted by Gasteiger charge is -2.33. The predicted molar refractivity (Wildman–Crippen MR) is 83.7 cm³/mol. The molecule has 0 saturated carbocycles. The van der Waals surface area contributed by atoms with E-state index in [0.29, 0.717) is 12.8 Å². The standard InChI is InChI=1S/C18H26O3/c1-6-18(5,13-17(3,4)14(2)19)16(20)21-12-15-10-8-7-9-11-15/h7-11H,6,12-13H2,1-5H3. The van der Waals surface area contributed by atoms with Gasteiger partial charge >= 0.3 is 5.97 Å². The lowest BCUT2D eigenvalue weighted by Crippen LogP contribution is -2.37. The van der Waals surface area contributed by atoms with Crippen LogP contribution in [0.1, 0.15) is 53.0 Å². The van der Waals surface area contributed by atoms with E-state index in [0.717, 1.165) is 5.56 Å². The van der Waals surface area contributed by atoms with Gasteiger partial charge in [0.15, 0.2) is 0 Å². The summed E-state index contributed by atoms with van der Waals surface area (Å²) in [5.41, 5.74) is -0.185. The quantitative estimate of drug-likeness (QED) is 0.708. The number of hydrogen-bond acceptors (Lipinski definition) is 3. The maximum atomic E-state index is 12.4. The first-order valence-corrected chi connectivity index (χ1v) is 7.43. The Morgan fingerprint density at radius 2 is 1.67 bits per heavy atom. The molecule has 0 aromatic heterocycles. The molecule has 0 fully saturated rings. The van der Waals surface area contributed by atoms with Gasteiger partial charge in [-0.25, -0.2) is 0 Å². The van der Waals surface area contributed by atoms with Crippen LogP contribution >= 0.6 is 0 Å². The molecule has 1 atom stereocenters. The van der Waals surface area contributed by atoms with Crippen LogP contribution in [0.25, 0.3) is 0 Å². The molecule has 0 saturated heterocycles. The molecule has 21 heavy (non-hydrogen) atoms. The number of hydrogen-bond donors (Lipinski definition) is 0. The van der Waals surface area contributed by atoms with Crippen LogP contribution in [-0.2, 0) is 20.9 Å². The van der Waals surface area contributed by atoms with Crippen molar-refractivity contribution in [3.05, 3.63) is 35.9 Å². The average Bonchev–Trinajstić information content (AvgIpc) is 2.45. The maximum Gasteiger partial charge on any atom is 0.312 e. The third-order valence-electron chi connectivity index (χ3n) is 4.27. The van der Waals surface area contributed by atoms with Gasteiger partial charge in [-0.05, 0) is 32.3 Å². The molecule has 116 valence electrons. The first-order valence-electron chi connectivity index (χ1n) is 7.43. The average molecular weight is 290 g/mol. The summed E-state index contributed by atoms with van der Waals surface area (Å²) >= 11 is 0. The second-order valence-corrected chi connectivity index (χ2v) is 6.59. The molecular formula is C18H26O3. The molecule has 0 amide bonds. The van der Waals surface area contributed by atoms with E-state index in [4.69, 9.17) is 4.74 Å². The number of benzene rings is 1. The molecule has 0 heterocycles. The zero-order chi connectivity index (χ0) is 16.1. The molecule has 0 aliphatic heterocycles. The van der Waals surface area contributed by atoms with Gasteiger partial charge in [0, 0.05) is 5.41 Å². The van der Waals surface area contributed by atoms with Crippen molar-refractivity contribution in [2.24, 2.45) is 10.8 Å². The molecular weight excluding hydrogens is 264 g/mol. The van der Waals surface area contributed by atoms with E-state index in [1.807, 2.05) is 58.0 Å². The summed E-state index contributed by atoms with van der Waals surface area (Å²) in [4.78, 5) is 24.1. The molecule has 1 aromatic carbocycles. The Morgan fingerprint density at radius 3 is 2.14 bits per heavy atom. The van der Waals surface area contributed by atoms with E-state index in [-0.39, 0.29) is 18.4 Å². The Balaban J connectivity index is 2.74. The van der Waals surface area contributed by atoms with Crippen LogP contribution in [0, 0.1) is 10.8 Å². The van der Waals surface area contributed by atoms with Gasteiger partial charge in [-0.3, -0.25) is 9.59 Å². The lowest BCUT2D eigenvalue weighted by molar-refractivity contribution is -0.159. The number of ketones is 1. The maximum absolute atomic E-state index is 12.4. The summed E-state index contributed by atoms with van der Waals surface area (Å²) in [6.07, 6.45) is 1.15. The van der Waals surface area contributed by atoms with Gasteiger partial charge in [0.25, 0.3) is 0 Å². The Morgan fingerprint density at radius 1 is 1.10 bits per heavy atom. The van der Waals surface area contributed by atoms with Gasteiger partial charge in [-0.2, -0.15) is 0 Å². The highest BCUT2D eigenvalue weighted by Crippen LogP contribution is 2.38. The highest BCUT2D eigenvalue weighted by molar-refractivity contribution is 5.83. The highest BCUT2D eigenvalue weighted by atomic mass is 16.5. The number of carbonyl (C=O) groups is 2. The van der Waals surface area contributed by atoms with Crippen LogP contribution in [0.15, 0.2) is 30.3 Å². The topological polar surface area (TPSA) is 43.4 Å². The first-order chi connectivity index (χ1) is 9.71. The van der Waals surface area contributed by atoms with Crippen molar-refractivity contribution in [2.45, 2.75) is 54.1 Å². The van der Waals surface area contributed by atoms with E-state index in [2.05, 4.69) is 0 Å². The van der Waals surface area contributed by atoms with Crippen LogP contribution in [0.4, 0.5) is 0 Å². The third-order valence-corrected chi connectivity index (χ3v) is 4.27. The summed E-state index contributed by atoms with van der Waals surface area (Å²) in [5.74, 6) is -0.138. The SMILES string of the molecule is CCC(C)(CC(C)(C)C(C)=O)C(=O)OCc1ccccc1. The van der Waals surface area contributed by atoms with Gasteiger partial charge in [-0.15, -0.1) is 0 Å². The van der Waals surface area contributed by atoms with Gasteiger partial charge in [0.2, 0.25) is 0 Å². The largest absolute Gasteiger partial charge is 0.460 e. The minimum absolute atomic E-state index is 0.0954. The summed E-state index contributed by atoms with van der Waals surface area (Å²) < 4.78 is 5.46. The number of rotatable bonds is 7. The Bertz CT molecular complexity index is 490. The second-order valence-electron chi connectivity index (χ2n) is 6.59. The van der Waals surface area contributed by atoms with Crippen LogP contribution < -0.4 is 0 Å². The molecule has 0 aliphatic rings. The van der Waals surface area contributed by atoms with Crippen LogP contribution in [0.3, 0.4) is 0 Å². The van der Waals surface area contributed by atoms with E-state index in [1.54, 1.807) is 6.92 Å². The summed E-state index contributed by atoms with van der Waals surface area (Å²) in [5, 5.41) is 0. The van der Waals surface area contributed by atoms with Crippen LogP contribution in [-0.4, -0.2) is 11.8 Å². The fourth-order valence-electron chi connectivity index (χ4n) is 2.34. The van der Waals surface area contributed by atoms with E-state index in [1.165, 1.54) is 0 Å². The minimum atomic E-state index is -0.635. The summed E-state index contributed by atoms with van der Waals surface area (Å²) in [6, 6.07) is 9.62. The predicted octanol–water partition coefficient (Wildman–Crippen LogP) is 4.15. The lowest BCUT2D eigenvalue weighted by atomic mass is 9.71. The molecule has 0 bridgehead atoms. The van der Waals surface area contributed by atoms with Crippen molar-refractivity contribution in [1.29, 1.82) is 0 Å². The van der Waals surface area contributed by atoms with Crippen LogP contribution in [0.2, 0.25) is 0 Å². The van der Waals surface area contributed by atoms with Crippen molar-refractivity contribution in [3.8, 4) is 0 Å². The minimum Gasteiger partial charge on any atom is -0.460 e. The molecule has 0 radical (unpaired) electrons. The normalized spacial score (nSPS) is 14.3. The summed E-state index contributed by atoms with van der Waals surface area (Å²) in [6.45, 7) is 9.45. The van der Waals surface area contributed by atoms with Gasteiger partial charge < -0.3 is 4.74 Å². The van der Waals surface area contributed by atoms with Crippen molar-refractivity contribution in [2.75, 3.05) is 0 Å². The van der Waals surface area contributed by atoms with Gasteiger partial charge in [0.1, 0.15) is 12.4 Å². The summed E-state index contributed by atoms with van der Waals surface area (Å²) in [7, 11) is 0. The number of carbonyl (C=O) groups excluding carboxylic acids is 2. The third kappa shape index (κ3) is 4.69. The molecule has 0 aliphatic carbocycles. The van der Waals surface area contributed by atoms with Crippen LogP contribution in [0.5, 0.6) is 0 Å². The van der Waals surface area contributed by atoms with Crippen molar-refractivity contribution in [1.82, 2.24) is 0 Å². The highest BCUT2D eigenvalue weighted by Gasteiger charge is 2.40. The number of ether oxygens (including phenoxy) is 1.